The van der Waals surface area contributed by atoms with Gasteiger partial charge in [-0.2, -0.15) is 13.2 Å². The van der Waals surface area contributed by atoms with Gasteiger partial charge in [0, 0.05) is 35.6 Å². The number of pyridine rings is 1. The van der Waals surface area contributed by atoms with Gasteiger partial charge in [0.25, 0.3) is 11.8 Å². The van der Waals surface area contributed by atoms with E-state index >= 15 is 0 Å². The van der Waals surface area contributed by atoms with E-state index in [2.05, 4.69) is 20.6 Å². The second kappa shape index (κ2) is 10.8. The highest BCUT2D eigenvalue weighted by Crippen LogP contribution is 2.37. The highest BCUT2D eigenvalue weighted by atomic mass is 32.1. The molecule has 7 nitrogen and oxygen atoms in total. The number of hydrogen-bond acceptors (Lipinski definition) is 6. The molecule has 5 rings (SSSR count). The molecule has 0 bridgehead atoms. The van der Waals surface area contributed by atoms with Crippen LogP contribution in [0.15, 0.2) is 66.3 Å². The van der Waals surface area contributed by atoms with Gasteiger partial charge in [-0.05, 0) is 48.7 Å². The molecule has 2 aromatic carbocycles. The van der Waals surface area contributed by atoms with Gasteiger partial charge < -0.3 is 15.5 Å². The van der Waals surface area contributed by atoms with E-state index in [1.165, 1.54) is 23.6 Å². The molecule has 0 fully saturated rings. The molecule has 1 aliphatic heterocycles. The van der Waals surface area contributed by atoms with Crippen molar-refractivity contribution in [3.05, 3.63) is 99.4 Å². The highest BCUT2D eigenvalue weighted by molar-refractivity contribution is 7.09. The smallest absolute Gasteiger partial charge is 0.345 e. The van der Waals surface area contributed by atoms with Crippen molar-refractivity contribution in [1.82, 2.24) is 15.3 Å². The maximum absolute atomic E-state index is 14.0. The van der Waals surface area contributed by atoms with Gasteiger partial charge in [-0.3, -0.25) is 9.59 Å². The fraction of sp³-hybridized carbons (Fsp3) is 0.185. The lowest BCUT2D eigenvalue weighted by Gasteiger charge is -2.31. The summed E-state index contributed by atoms with van der Waals surface area (Å²) in [5, 5.41) is 7.76. The number of nitrogens with zero attached hydrogens (tertiary/aromatic N) is 3. The van der Waals surface area contributed by atoms with Crippen LogP contribution >= 0.6 is 11.3 Å². The van der Waals surface area contributed by atoms with Crippen molar-refractivity contribution in [2.45, 2.75) is 25.6 Å². The van der Waals surface area contributed by atoms with Crippen molar-refractivity contribution in [1.29, 1.82) is 0 Å². The number of carbonyl (C=O) groups excluding carboxylic acids is 2. The summed E-state index contributed by atoms with van der Waals surface area (Å²) >= 11 is 1.37. The van der Waals surface area contributed by atoms with Gasteiger partial charge in [-0.1, -0.05) is 18.2 Å². The van der Waals surface area contributed by atoms with E-state index in [0.717, 1.165) is 30.2 Å². The molecule has 39 heavy (non-hydrogen) atoms. The number of aromatic nitrogens is 2. The fourth-order valence-electron chi connectivity index (χ4n) is 4.32. The van der Waals surface area contributed by atoms with Crippen LogP contribution in [-0.2, 0) is 19.1 Å². The summed E-state index contributed by atoms with van der Waals surface area (Å²) < 4.78 is 53.7. The van der Waals surface area contributed by atoms with Crippen LogP contribution in [-0.4, -0.2) is 28.3 Å². The van der Waals surface area contributed by atoms with Crippen LogP contribution in [0.4, 0.5) is 34.8 Å². The third kappa shape index (κ3) is 5.90. The first-order valence-corrected chi connectivity index (χ1v) is 12.8. The molecule has 2 amide bonds. The zero-order valence-corrected chi connectivity index (χ0v) is 21.1. The van der Waals surface area contributed by atoms with E-state index in [-0.39, 0.29) is 17.8 Å². The molecule has 4 aromatic rings. The number of benzene rings is 2. The Hall–Kier alpha value is -4.32. The van der Waals surface area contributed by atoms with Gasteiger partial charge in [0.05, 0.1) is 23.4 Å². The summed E-state index contributed by atoms with van der Waals surface area (Å²) in [5.74, 6) is -2.36. The second-order valence-electron chi connectivity index (χ2n) is 8.77. The Morgan fingerprint density at radius 1 is 1.03 bits per heavy atom. The second-order valence-corrected chi connectivity index (χ2v) is 9.75. The lowest BCUT2D eigenvalue weighted by Crippen LogP contribution is -2.28. The first-order valence-electron chi connectivity index (χ1n) is 11.9. The summed E-state index contributed by atoms with van der Waals surface area (Å²) in [6.45, 7) is 0.740. The maximum atomic E-state index is 14.0. The molecular weight excluding hydrogens is 534 g/mol. The minimum atomic E-state index is -4.84. The molecule has 0 unspecified atom stereocenters. The molecular formula is C27H21F4N5O2S. The number of para-hydroxylation sites is 1. The molecule has 2 aromatic heterocycles. The summed E-state index contributed by atoms with van der Waals surface area (Å²) in [6.07, 6.45) is -0.223. The van der Waals surface area contributed by atoms with E-state index < -0.39 is 34.9 Å². The number of rotatable bonds is 6. The average molecular weight is 556 g/mol. The zero-order chi connectivity index (χ0) is 27.6. The van der Waals surface area contributed by atoms with Crippen molar-refractivity contribution in [2.75, 3.05) is 16.8 Å². The molecule has 1 aliphatic rings. The third-order valence-electron chi connectivity index (χ3n) is 6.11. The van der Waals surface area contributed by atoms with E-state index in [1.807, 2.05) is 29.2 Å². The topological polar surface area (TPSA) is 87.2 Å². The zero-order valence-electron chi connectivity index (χ0n) is 20.3. The Kier molecular flexibility index (Phi) is 7.29. The first-order chi connectivity index (χ1) is 18.7. The van der Waals surface area contributed by atoms with Gasteiger partial charge in [0.15, 0.2) is 5.82 Å². The predicted molar refractivity (Wildman–Crippen MR) is 139 cm³/mol. The van der Waals surface area contributed by atoms with Crippen LogP contribution in [0.5, 0.6) is 0 Å². The predicted octanol–water partition coefficient (Wildman–Crippen LogP) is 5.96. The SMILES string of the molecule is O=C(NCc1nccs1)c1cnc(N2CCCc3ccccc32)c(NC(=O)c2cc(F)cc(C(F)(F)F)c2)c1. The molecule has 0 radical (unpaired) electrons. The highest BCUT2D eigenvalue weighted by Gasteiger charge is 2.32. The number of hydrogen-bond donors (Lipinski definition) is 2. The molecule has 12 heteroatoms. The largest absolute Gasteiger partial charge is 0.416 e. The Labute approximate surface area is 224 Å². The van der Waals surface area contributed by atoms with Crippen molar-refractivity contribution in [3.63, 3.8) is 0 Å². The maximum Gasteiger partial charge on any atom is 0.416 e. The van der Waals surface area contributed by atoms with Crippen molar-refractivity contribution in [3.8, 4) is 0 Å². The number of carbonyl (C=O) groups is 2. The number of anilines is 3. The molecule has 0 spiro atoms. The normalized spacial score (nSPS) is 13.1. The summed E-state index contributed by atoms with van der Waals surface area (Å²) in [4.78, 5) is 36.4. The van der Waals surface area contributed by atoms with Gasteiger partial charge in [0.1, 0.15) is 10.8 Å². The lowest BCUT2D eigenvalue weighted by atomic mass is 10.0. The molecule has 0 saturated carbocycles. The van der Waals surface area contributed by atoms with E-state index in [9.17, 15) is 27.2 Å². The average Bonchev–Trinajstić information content (AvgIpc) is 3.44. The number of nitrogens with one attached hydrogen (secondary N) is 2. The number of amides is 2. The molecule has 0 saturated heterocycles. The molecule has 2 N–H and O–H groups in total. The Morgan fingerprint density at radius 2 is 1.85 bits per heavy atom. The summed E-state index contributed by atoms with van der Waals surface area (Å²) in [5.41, 5.74) is 0.325. The number of fused-ring (bicyclic) bond motifs is 1. The Balaban J connectivity index is 1.50. The summed E-state index contributed by atoms with van der Waals surface area (Å²) in [6, 6.07) is 10.7. The number of alkyl halides is 3. The standard InChI is InChI=1S/C27H21F4N5O2S/c28-20-11-17(10-19(13-20)27(29,30)31)26(38)35-21-12-18(25(37)34-15-23-32-7-9-39-23)14-33-24(21)36-8-3-5-16-4-1-2-6-22(16)36/h1-2,4,6-7,9-14H,3,5,8,15H2,(H,34,37)(H,35,38). The van der Waals surface area contributed by atoms with Crippen molar-refractivity contribution < 1.29 is 27.2 Å². The minimum Gasteiger partial charge on any atom is -0.345 e. The first kappa shape index (κ1) is 26.3. The van der Waals surface area contributed by atoms with Crippen molar-refractivity contribution in [2.24, 2.45) is 0 Å². The summed E-state index contributed by atoms with van der Waals surface area (Å²) in [7, 11) is 0. The Morgan fingerprint density at radius 3 is 2.62 bits per heavy atom. The van der Waals surface area contributed by atoms with E-state index in [1.54, 1.807) is 11.6 Å². The van der Waals surface area contributed by atoms with Crippen LogP contribution in [0.25, 0.3) is 0 Å². The monoisotopic (exact) mass is 555 g/mol. The van der Waals surface area contributed by atoms with Crippen LogP contribution in [0.2, 0.25) is 0 Å². The van der Waals surface area contributed by atoms with Crippen LogP contribution in [0.1, 0.15) is 43.3 Å². The number of thiazole rings is 1. The number of halogens is 4. The van der Waals surface area contributed by atoms with Gasteiger partial charge in [-0.15, -0.1) is 11.3 Å². The molecule has 0 atom stereocenters. The molecule has 200 valence electrons. The van der Waals surface area contributed by atoms with Crippen molar-refractivity contribution >= 4 is 40.3 Å². The van der Waals surface area contributed by atoms with Crippen LogP contribution in [0.3, 0.4) is 0 Å². The third-order valence-corrected chi connectivity index (χ3v) is 6.89. The fourth-order valence-corrected chi connectivity index (χ4v) is 4.88. The quantitative estimate of drug-likeness (QED) is 0.287. The van der Waals surface area contributed by atoms with Gasteiger partial charge in [-0.25, -0.2) is 14.4 Å². The van der Waals surface area contributed by atoms with Crippen LogP contribution < -0.4 is 15.5 Å². The van der Waals surface area contributed by atoms with E-state index in [4.69, 9.17) is 0 Å². The molecule has 3 heterocycles. The number of aryl methyl sites for hydroxylation is 1. The molecule has 0 aliphatic carbocycles. The minimum absolute atomic E-state index is 0.0939. The van der Waals surface area contributed by atoms with Crippen LogP contribution in [0, 0.1) is 5.82 Å². The lowest BCUT2D eigenvalue weighted by molar-refractivity contribution is -0.137. The van der Waals surface area contributed by atoms with Gasteiger partial charge in [0.2, 0.25) is 0 Å². The van der Waals surface area contributed by atoms with Gasteiger partial charge >= 0.3 is 6.18 Å². The van der Waals surface area contributed by atoms with E-state index in [0.29, 0.717) is 29.5 Å². The Bertz CT molecular complexity index is 1530.